The normalized spacial score (nSPS) is 15.0. The first-order valence-electron chi connectivity index (χ1n) is 6.08. The van der Waals surface area contributed by atoms with Gasteiger partial charge in [0.05, 0.1) is 12.1 Å². The van der Waals surface area contributed by atoms with Crippen molar-refractivity contribution in [2.75, 3.05) is 13.6 Å². The fourth-order valence-corrected chi connectivity index (χ4v) is 1.69. The van der Waals surface area contributed by atoms with Gasteiger partial charge in [0, 0.05) is 19.3 Å². The molecule has 110 valence electrons. The maximum atomic E-state index is 12.4. The van der Waals surface area contributed by atoms with Crippen LogP contribution >= 0.6 is 0 Å². The van der Waals surface area contributed by atoms with E-state index in [9.17, 15) is 22.8 Å². The van der Waals surface area contributed by atoms with Crippen LogP contribution < -0.4 is 5.32 Å². The van der Waals surface area contributed by atoms with E-state index in [2.05, 4.69) is 5.32 Å². The van der Waals surface area contributed by atoms with Crippen LogP contribution in [0.1, 0.15) is 28.9 Å². The zero-order valence-electron chi connectivity index (χ0n) is 10.8. The fourth-order valence-electron chi connectivity index (χ4n) is 1.69. The van der Waals surface area contributed by atoms with E-state index >= 15 is 0 Å². The van der Waals surface area contributed by atoms with Gasteiger partial charge >= 0.3 is 6.18 Å². The molecule has 0 aliphatic heterocycles. The molecule has 8 heteroatoms. The Labute approximate surface area is 113 Å². The Hall–Kier alpha value is -1.99. The van der Waals surface area contributed by atoms with Crippen LogP contribution in [0.3, 0.4) is 0 Å². The molecule has 2 amide bonds. The van der Waals surface area contributed by atoms with Crippen molar-refractivity contribution in [3.8, 4) is 0 Å². The minimum absolute atomic E-state index is 0.126. The summed E-state index contributed by atoms with van der Waals surface area (Å²) in [4.78, 5) is 26.5. The van der Waals surface area contributed by atoms with Crippen LogP contribution in [0.2, 0.25) is 0 Å². The van der Waals surface area contributed by atoms with Crippen molar-refractivity contribution in [2.24, 2.45) is 0 Å². The Morgan fingerprint density at radius 2 is 2.10 bits per heavy atom. The summed E-state index contributed by atoms with van der Waals surface area (Å²) in [6.45, 7) is -0.179. The van der Waals surface area contributed by atoms with Crippen LogP contribution in [-0.2, 0) is 11.0 Å². The number of aromatic amines is 1. The summed E-state index contributed by atoms with van der Waals surface area (Å²) in [6.07, 6.45) is -1.69. The van der Waals surface area contributed by atoms with E-state index in [4.69, 9.17) is 0 Å². The molecule has 1 heterocycles. The van der Waals surface area contributed by atoms with Crippen LogP contribution in [0.15, 0.2) is 12.3 Å². The maximum Gasteiger partial charge on any atom is 0.431 e. The molecular weight excluding hydrogens is 275 g/mol. The van der Waals surface area contributed by atoms with Gasteiger partial charge < -0.3 is 15.2 Å². The Kier molecular flexibility index (Phi) is 3.74. The van der Waals surface area contributed by atoms with Gasteiger partial charge in [-0.25, -0.2) is 0 Å². The molecule has 2 rings (SSSR count). The van der Waals surface area contributed by atoms with Crippen molar-refractivity contribution in [3.05, 3.63) is 23.5 Å². The number of H-pyrrole nitrogens is 1. The second-order valence-electron chi connectivity index (χ2n) is 4.80. The van der Waals surface area contributed by atoms with Crippen molar-refractivity contribution in [2.45, 2.75) is 25.1 Å². The van der Waals surface area contributed by atoms with Gasteiger partial charge in [-0.15, -0.1) is 0 Å². The molecule has 1 fully saturated rings. The third-order valence-corrected chi connectivity index (χ3v) is 2.91. The number of hydrogen-bond acceptors (Lipinski definition) is 2. The van der Waals surface area contributed by atoms with E-state index in [1.807, 2.05) is 4.98 Å². The van der Waals surface area contributed by atoms with Gasteiger partial charge in [-0.1, -0.05) is 0 Å². The zero-order valence-corrected chi connectivity index (χ0v) is 10.8. The van der Waals surface area contributed by atoms with E-state index in [1.54, 1.807) is 0 Å². The van der Waals surface area contributed by atoms with Gasteiger partial charge in [0.2, 0.25) is 5.91 Å². The lowest BCUT2D eigenvalue weighted by Gasteiger charge is -2.15. The molecule has 1 aromatic rings. The van der Waals surface area contributed by atoms with E-state index in [0.717, 1.165) is 30.0 Å². The van der Waals surface area contributed by atoms with E-state index < -0.39 is 17.8 Å². The third-order valence-electron chi connectivity index (χ3n) is 2.91. The average molecular weight is 289 g/mol. The molecule has 1 aliphatic rings. The molecule has 0 atom stereocenters. The molecule has 1 aromatic heterocycles. The molecule has 0 radical (unpaired) electrons. The third kappa shape index (κ3) is 3.52. The average Bonchev–Trinajstić information content (AvgIpc) is 2.99. The number of aromatic nitrogens is 1. The monoisotopic (exact) mass is 289 g/mol. The highest BCUT2D eigenvalue weighted by atomic mass is 19.4. The number of nitrogens with one attached hydrogen (secondary N) is 2. The highest BCUT2D eigenvalue weighted by molar-refractivity contribution is 5.96. The number of amides is 2. The van der Waals surface area contributed by atoms with E-state index in [1.165, 1.54) is 7.05 Å². The number of rotatable bonds is 4. The Morgan fingerprint density at radius 1 is 1.45 bits per heavy atom. The zero-order chi connectivity index (χ0) is 14.9. The summed E-state index contributed by atoms with van der Waals surface area (Å²) < 4.78 is 37.2. The largest absolute Gasteiger partial charge is 0.431 e. The Balaban J connectivity index is 1.95. The first-order chi connectivity index (χ1) is 9.27. The lowest BCUT2D eigenvalue weighted by atomic mass is 10.2. The highest BCUT2D eigenvalue weighted by Gasteiger charge is 2.33. The van der Waals surface area contributed by atoms with Crippen LogP contribution in [0.4, 0.5) is 13.2 Å². The molecular formula is C12H14F3N3O2. The number of carbonyl (C=O) groups excluding carboxylic acids is 2. The van der Waals surface area contributed by atoms with Gasteiger partial charge in [-0.05, 0) is 18.9 Å². The molecule has 5 nitrogen and oxygen atoms in total. The van der Waals surface area contributed by atoms with Gasteiger partial charge in [-0.2, -0.15) is 13.2 Å². The van der Waals surface area contributed by atoms with E-state index in [0.29, 0.717) is 0 Å². The predicted octanol–water partition coefficient (Wildman–Crippen LogP) is 1.38. The van der Waals surface area contributed by atoms with Gasteiger partial charge in [0.1, 0.15) is 5.69 Å². The van der Waals surface area contributed by atoms with Crippen LogP contribution in [-0.4, -0.2) is 41.3 Å². The second-order valence-corrected chi connectivity index (χ2v) is 4.80. The number of carbonyl (C=O) groups is 2. The minimum Gasteiger partial charge on any atom is -0.357 e. The van der Waals surface area contributed by atoms with Crippen molar-refractivity contribution in [1.82, 2.24) is 15.2 Å². The van der Waals surface area contributed by atoms with Gasteiger partial charge in [0.25, 0.3) is 5.91 Å². The molecule has 20 heavy (non-hydrogen) atoms. The lowest BCUT2D eigenvalue weighted by Crippen LogP contribution is -2.39. The van der Waals surface area contributed by atoms with Crippen molar-refractivity contribution >= 4 is 11.8 Å². The van der Waals surface area contributed by atoms with Crippen molar-refractivity contribution in [3.63, 3.8) is 0 Å². The Morgan fingerprint density at radius 3 is 2.60 bits per heavy atom. The Bertz CT molecular complexity index is 520. The first kappa shape index (κ1) is 14.4. The number of nitrogens with zero attached hydrogens (tertiary/aromatic N) is 1. The topological polar surface area (TPSA) is 65.2 Å². The van der Waals surface area contributed by atoms with Crippen LogP contribution in [0, 0.1) is 0 Å². The highest BCUT2D eigenvalue weighted by Crippen LogP contribution is 2.28. The summed E-state index contributed by atoms with van der Waals surface area (Å²) in [6, 6.07) is 0.910. The molecule has 0 bridgehead atoms. The summed E-state index contributed by atoms with van der Waals surface area (Å²) in [5.74, 6) is -0.947. The summed E-state index contributed by atoms with van der Waals surface area (Å²) >= 11 is 0. The quantitative estimate of drug-likeness (QED) is 0.879. The van der Waals surface area contributed by atoms with Gasteiger partial charge in [0.15, 0.2) is 0 Å². The fraction of sp³-hybridized carbons (Fsp3) is 0.500. The number of hydrogen-bond donors (Lipinski definition) is 2. The molecule has 0 aromatic carbocycles. The smallest absolute Gasteiger partial charge is 0.357 e. The van der Waals surface area contributed by atoms with Crippen molar-refractivity contribution < 1.29 is 22.8 Å². The molecule has 1 saturated carbocycles. The first-order valence-corrected chi connectivity index (χ1v) is 6.08. The molecule has 0 saturated heterocycles. The number of alkyl halides is 3. The molecule has 0 spiro atoms. The lowest BCUT2D eigenvalue weighted by molar-refractivity contribution is -0.140. The molecule has 2 N–H and O–H groups in total. The summed E-state index contributed by atoms with van der Waals surface area (Å²) in [5, 5.41) is 2.70. The second kappa shape index (κ2) is 5.18. The van der Waals surface area contributed by atoms with Crippen LogP contribution in [0.25, 0.3) is 0 Å². The number of likely N-dealkylation sites (N-methyl/N-ethyl adjacent to an activating group) is 1. The standard InChI is InChI=1S/C12H14F3N3O2/c1-18(6-10(19)17-8-2-3-8)11(20)7-4-9(16-5-7)12(13,14)15/h4-5,8,16H,2-3,6H2,1H3,(H,17,19). The summed E-state index contributed by atoms with van der Waals surface area (Å²) in [5.41, 5.74) is -1.12. The van der Waals surface area contributed by atoms with E-state index in [-0.39, 0.29) is 24.1 Å². The molecule has 1 aliphatic carbocycles. The predicted molar refractivity (Wildman–Crippen MR) is 63.9 cm³/mol. The summed E-state index contributed by atoms with van der Waals surface area (Å²) in [7, 11) is 1.37. The number of halogens is 3. The van der Waals surface area contributed by atoms with Gasteiger partial charge in [-0.3, -0.25) is 9.59 Å². The van der Waals surface area contributed by atoms with Crippen LogP contribution in [0.5, 0.6) is 0 Å². The van der Waals surface area contributed by atoms with Crippen molar-refractivity contribution in [1.29, 1.82) is 0 Å². The maximum absolute atomic E-state index is 12.4. The molecule has 0 unspecified atom stereocenters. The SMILES string of the molecule is CN(CC(=O)NC1CC1)C(=O)c1c[nH]c(C(F)(F)F)c1. The minimum atomic E-state index is -4.53.